The first-order valence-corrected chi connectivity index (χ1v) is 9.38. The summed E-state index contributed by atoms with van der Waals surface area (Å²) in [6.45, 7) is 4.21. The van der Waals surface area contributed by atoms with Crippen LogP contribution in [0.25, 0.3) is 11.0 Å². The quantitative estimate of drug-likeness (QED) is 0.508. The van der Waals surface area contributed by atoms with E-state index in [1.807, 2.05) is 12.1 Å². The maximum Gasteiger partial charge on any atom is 0.339 e. The van der Waals surface area contributed by atoms with Gasteiger partial charge in [0.25, 0.3) is 0 Å². The molecule has 0 bridgehead atoms. The standard InChI is InChI=1S/C19H18O5S/c1-3-13(2)14-4-7-16(8-5-14)24-25(21,22)17-9-10-18-15(12-17)6-11-19(20)23-18/h4-13H,3H2,1-2H3. The molecule has 0 N–H and O–H groups in total. The lowest BCUT2D eigenvalue weighted by molar-refractivity contribution is 0.486. The molecule has 25 heavy (non-hydrogen) atoms. The third kappa shape index (κ3) is 3.74. The largest absolute Gasteiger partial charge is 0.423 e. The number of rotatable bonds is 5. The molecule has 0 saturated carbocycles. The zero-order valence-electron chi connectivity index (χ0n) is 13.9. The van der Waals surface area contributed by atoms with E-state index in [1.165, 1.54) is 30.3 Å². The van der Waals surface area contributed by atoms with Crippen molar-refractivity contribution in [3.05, 3.63) is 70.6 Å². The highest BCUT2D eigenvalue weighted by Gasteiger charge is 2.18. The molecule has 0 spiro atoms. The fourth-order valence-electron chi connectivity index (χ4n) is 2.47. The van der Waals surface area contributed by atoms with Crippen LogP contribution >= 0.6 is 0 Å². The minimum absolute atomic E-state index is 0.000137. The molecule has 5 nitrogen and oxygen atoms in total. The summed E-state index contributed by atoms with van der Waals surface area (Å²) >= 11 is 0. The molecule has 6 heteroatoms. The maximum atomic E-state index is 12.5. The lowest BCUT2D eigenvalue weighted by Gasteiger charge is -2.11. The SMILES string of the molecule is CCC(C)c1ccc(OS(=O)(=O)c2ccc3oc(=O)ccc3c2)cc1. The Hall–Kier alpha value is -2.60. The van der Waals surface area contributed by atoms with Gasteiger partial charge in [0.1, 0.15) is 16.2 Å². The predicted molar refractivity (Wildman–Crippen MR) is 95.4 cm³/mol. The zero-order valence-corrected chi connectivity index (χ0v) is 14.7. The Labute approximate surface area is 146 Å². The van der Waals surface area contributed by atoms with Gasteiger partial charge >= 0.3 is 15.7 Å². The molecule has 0 amide bonds. The van der Waals surface area contributed by atoms with Crippen LogP contribution in [-0.2, 0) is 10.1 Å². The Kier molecular flexibility index (Phi) is 4.63. The van der Waals surface area contributed by atoms with Crippen LogP contribution in [0.4, 0.5) is 0 Å². The summed E-state index contributed by atoms with van der Waals surface area (Å²) in [4.78, 5) is 11.2. The lowest BCUT2D eigenvalue weighted by Crippen LogP contribution is -2.10. The van der Waals surface area contributed by atoms with E-state index in [4.69, 9.17) is 8.60 Å². The molecule has 1 aromatic heterocycles. The van der Waals surface area contributed by atoms with Crippen LogP contribution in [0.2, 0.25) is 0 Å². The second-order valence-corrected chi connectivity index (χ2v) is 7.42. The van der Waals surface area contributed by atoms with Gasteiger partial charge in [-0.15, -0.1) is 0 Å². The predicted octanol–water partition coefficient (Wildman–Crippen LogP) is 4.07. The van der Waals surface area contributed by atoms with Crippen molar-refractivity contribution in [3.63, 3.8) is 0 Å². The number of benzene rings is 2. The normalized spacial score (nSPS) is 12.9. The highest BCUT2D eigenvalue weighted by atomic mass is 32.2. The smallest absolute Gasteiger partial charge is 0.339 e. The van der Waals surface area contributed by atoms with E-state index in [9.17, 15) is 13.2 Å². The highest BCUT2D eigenvalue weighted by molar-refractivity contribution is 7.87. The number of hydrogen-bond donors (Lipinski definition) is 0. The summed E-state index contributed by atoms with van der Waals surface area (Å²) in [5.74, 6) is 0.660. The summed E-state index contributed by atoms with van der Waals surface area (Å²) in [6.07, 6.45) is 1.01. The Morgan fingerprint density at radius 3 is 2.44 bits per heavy atom. The summed E-state index contributed by atoms with van der Waals surface area (Å²) in [5.41, 5.74) is 0.970. The first-order valence-electron chi connectivity index (χ1n) is 7.97. The highest BCUT2D eigenvalue weighted by Crippen LogP contribution is 2.25. The van der Waals surface area contributed by atoms with Crippen molar-refractivity contribution >= 4 is 21.1 Å². The van der Waals surface area contributed by atoms with E-state index < -0.39 is 15.7 Å². The van der Waals surface area contributed by atoms with E-state index in [0.29, 0.717) is 16.9 Å². The van der Waals surface area contributed by atoms with E-state index in [0.717, 1.165) is 12.0 Å². The topological polar surface area (TPSA) is 73.6 Å². The third-order valence-electron chi connectivity index (χ3n) is 4.15. The monoisotopic (exact) mass is 358 g/mol. The molecule has 0 saturated heterocycles. The summed E-state index contributed by atoms with van der Waals surface area (Å²) < 4.78 is 35.2. The van der Waals surface area contributed by atoms with Crippen LogP contribution in [0.3, 0.4) is 0 Å². The van der Waals surface area contributed by atoms with Crippen molar-refractivity contribution in [2.24, 2.45) is 0 Å². The molecule has 0 aliphatic rings. The van der Waals surface area contributed by atoms with E-state index in [-0.39, 0.29) is 10.6 Å². The number of hydrogen-bond acceptors (Lipinski definition) is 5. The second kappa shape index (κ2) is 6.72. The summed E-state index contributed by atoms with van der Waals surface area (Å²) in [6, 6.07) is 14.0. The molecule has 0 aliphatic carbocycles. The molecule has 0 radical (unpaired) electrons. The fourth-order valence-corrected chi connectivity index (χ4v) is 3.43. The van der Waals surface area contributed by atoms with Gasteiger partial charge in [0.2, 0.25) is 0 Å². The van der Waals surface area contributed by atoms with Crippen LogP contribution < -0.4 is 9.81 Å². The zero-order chi connectivity index (χ0) is 18.0. The van der Waals surface area contributed by atoms with Crippen molar-refractivity contribution in [1.29, 1.82) is 0 Å². The molecule has 0 fully saturated rings. The van der Waals surface area contributed by atoms with Crippen molar-refractivity contribution in [3.8, 4) is 5.75 Å². The van der Waals surface area contributed by atoms with Crippen LogP contribution in [0.1, 0.15) is 31.7 Å². The van der Waals surface area contributed by atoms with Gasteiger partial charge in [0.05, 0.1) is 0 Å². The molecule has 0 aliphatic heterocycles. The molecule has 1 atom stereocenters. The van der Waals surface area contributed by atoms with Crippen LogP contribution in [0.15, 0.2) is 68.7 Å². The van der Waals surface area contributed by atoms with Crippen molar-refractivity contribution in [1.82, 2.24) is 0 Å². The van der Waals surface area contributed by atoms with Crippen LogP contribution in [0.5, 0.6) is 5.75 Å². The second-order valence-electron chi connectivity index (χ2n) is 5.87. The first kappa shape index (κ1) is 17.2. The van der Waals surface area contributed by atoms with Gasteiger partial charge in [0.15, 0.2) is 0 Å². The van der Waals surface area contributed by atoms with Gasteiger partial charge in [-0.2, -0.15) is 8.42 Å². The number of fused-ring (bicyclic) bond motifs is 1. The Balaban J connectivity index is 1.88. The molecular formula is C19H18O5S. The van der Waals surface area contributed by atoms with Gasteiger partial charge in [-0.1, -0.05) is 26.0 Å². The van der Waals surface area contributed by atoms with Gasteiger partial charge in [-0.05, 0) is 54.3 Å². The third-order valence-corrected chi connectivity index (χ3v) is 5.39. The summed E-state index contributed by atoms with van der Waals surface area (Å²) in [7, 11) is -3.97. The van der Waals surface area contributed by atoms with Crippen LogP contribution in [0, 0.1) is 0 Å². The minimum Gasteiger partial charge on any atom is -0.423 e. The van der Waals surface area contributed by atoms with E-state index >= 15 is 0 Å². The molecule has 1 heterocycles. The van der Waals surface area contributed by atoms with Crippen molar-refractivity contribution in [2.45, 2.75) is 31.1 Å². The minimum atomic E-state index is -3.97. The van der Waals surface area contributed by atoms with E-state index in [1.54, 1.807) is 12.1 Å². The molecule has 1 unspecified atom stereocenters. The van der Waals surface area contributed by atoms with E-state index in [2.05, 4.69) is 13.8 Å². The molecular weight excluding hydrogens is 340 g/mol. The lowest BCUT2D eigenvalue weighted by atomic mass is 9.99. The fraction of sp³-hybridized carbons (Fsp3) is 0.211. The first-order chi connectivity index (χ1) is 11.9. The van der Waals surface area contributed by atoms with Crippen molar-refractivity contribution in [2.75, 3.05) is 0 Å². The molecule has 3 rings (SSSR count). The summed E-state index contributed by atoms with van der Waals surface area (Å²) in [5, 5.41) is 0.511. The van der Waals surface area contributed by atoms with Gasteiger partial charge in [-0.3, -0.25) is 0 Å². The van der Waals surface area contributed by atoms with Gasteiger partial charge < -0.3 is 8.60 Å². The van der Waals surface area contributed by atoms with Gasteiger partial charge in [0, 0.05) is 11.5 Å². The Morgan fingerprint density at radius 2 is 1.76 bits per heavy atom. The van der Waals surface area contributed by atoms with Gasteiger partial charge in [-0.25, -0.2) is 4.79 Å². The molecule has 130 valence electrons. The average molecular weight is 358 g/mol. The molecule has 3 aromatic rings. The maximum absolute atomic E-state index is 12.5. The average Bonchev–Trinajstić information content (AvgIpc) is 2.60. The van der Waals surface area contributed by atoms with Crippen LogP contribution in [-0.4, -0.2) is 8.42 Å². The van der Waals surface area contributed by atoms with Crippen molar-refractivity contribution < 1.29 is 17.0 Å². The Bertz CT molecular complexity index is 1050. The molecule has 2 aromatic carbocycles. The Morgan fingerprint density at radius 1 is 1.04 bits per heavy atom.